The molecule has 5 nitrogen and oxygen atoms in total. The number of hydrogen-bond donors (Lipinski definition) is 3. The smallest absolute Gasteiger partial charge is 0.237 e. The number of amides is 1. The molecule has 0 bridgehead atoms. The minimum absolute atomic E-state index is 0. The fourth-order valence-electron chi connectivity index (χ4n) is 2.74. The second-order valence-electron chi connectivity index (χ2n) is 5.98. The normalized spacial score (nSPS) is 17.0. The standard InChI is InChI=1S/C16H24N2O3.ClH/c1-21-11-16(7-2-8-16)10-18-15(20)14(17)9-12-3-5-13(19)6-4-12;/h3-6,14,19H,2,7-11,17H2,1H3,(H,18,20);1H/t14-;/m0./s1. The lowest BCUT2D eigenvalue weighted by molar-refractivity contribution is -0.123. The molecule has 1 aliphatic rings. The van der Waals surface area contributed by atoms with E-state index in [2.05, 4.69) is 5.32 Å². The van der Waals surface area contributed by atoms with Gasteiger partial charge in [-0.15, -0.1) is 12.4 Å². The first kappa shape index (κ1) is 18.7. The van der Waals surface area contributed by atoms with Gasteiger partial charge in [-0.2, -0.15) is 0 Å². The van der Waals surface area contributed by atoms with Crippen molar-refractivity contribution in [2.45, 2.75) is 31.7 Å². The number of phenolic OH excluding ortho intramolecular Hbond substituents is 1. The van der Waals surface area contributed by atoms with E-state index in [1.165, 1.54) is 6.42 Å². The van der Waals surface area contributed by atoms with Gasteiger partial charge in [0.05, 0.1) is 12.6 Å². The molecule has 0 spiro atoms. The van der Waals surface area contributed by atoms with E-state index in [4.69, 9.17) is 10.5 Å². The first-order chi connectivity index (χ1) is 10.0. The molecular weight excluding hydrogens is 304 g/mol. The van der Waals surface area contributed by atoms with E-state index < -0.39 is 6.04 Å². The lowest BCUT2D eigenvalue weighted by Crippen LogP contribution is -2.49. The maximum Gasteiger partial charge on any atom is 0.237 e. The zero-order chi connectivity index (χ0) is 15.3. The molecule has 1 atom stereocenters. The summed E-state index contributed by atoms with van der Waals surface area (Å²) in [5.74, 6) is 0.0775. The topological polar surface area (TPSA) is 84.6 Å². The second kappa shape index (κ2) is 8.36. The average molecular weight is 329 g/mol. The molecule has 1 aromatic carbocycles. The van der Waals surface area contributed by atoms with Gasteiger partial charge in [-0.3, -0.25) is 4.79 Å². The Bertz CT molecular complexity index is 475. The van der Waals surface area contributed by atoms with Crippen LogP contribution in [0, 0.1) is 5.41 Å². The number of hydrogen-bond acceptors (Lipinski definition) is 4. The van der Waals surface area contributed by atoms with E-state index >= 15 is 0 Å². The summed E-state index contributed by atoms with van der Waals surface area (Å²) in [4.78, 5) is 12.1. The van der Waals surface area contributed by atoms with Crippen molar-refractivity contribution in [3.05, 3.63) is 29.8 Å². The van der Waals surface area contributed by atoms with Gasteiger partial charge >= 0.3 is 0 Å². The summed E-state index contributed by atoms with van der Waals surface area (Å²) in [6, 6.07) is 6.18. The summed E-state index contributed by atoms with van der Waals surface area (Å²) in [6.45, 7) is 1.31. The molecule has 0 aliphatic heterocycles. The van der Waals surface area contributed by atoms with Crippen molar-refractivity contribution in [2.75, 3.05) is 20.3 Å². The summed E-state index contributed by atoms with van der Waals surface area (Å²) < 4.78 is 5.24. The third-order valence-corrected chi connectivity index (χ3v) is 4.23. The van der Waals surface area contributed by atoms with Crippen molar-refractivity contribution in [3.8, 4) is 5.75 Å². The van der Waals surface area contributed by atoms with E-state index in [0.29, 0.717) is 19.6 Å². The zero-order valence-corrected chi connectivity index (χ0v) is 13.7. The monoisotopic (exact) mass is 328 g/mol. The number of carbonyl (C=O) groups excluding carboxylic acids is 1. The Balaban J connectivity index is 0.00000242. The average Bonchev–Trinajstić information content (AvgIpc) is 2.43. The molecule has 0 aromatic heterocycles. The van der Waals surface area contributed by atoms with Crippen LogP contribution in [0.2, 0.25) is 0 Å². The number of phenols is 1. The zero-order valence-electron chi connectivity index (χ0n) is 12.9. The largest absolute Gasteiger partial charge is 0.508 e. The number of carbonyl (C=O) groups is 1. The number of nitrogens with two attached hydrogens (primary N) is 1. The molecule has 0 unspecified atom stereocenters. The number of methoxy groups -OCH3 is 1. The third-order valence-electron chi connectivity index (χ3n) is 4.23. The minimum atomic E-state index is -0.575. The molecule has 4 N–H and O–H groups in total. The quantitative estimate of drug-likeness (QED) is 0.710. The van der Waals surface area contributed by atoms with Crippen molar-refractivity contribution < 1.29 is 14.6 Å². The predicted octanol–water partition coefficient (Wildman–Crippen LogP) is 1.62. The first-order valence-electron chi connectivity index (χ1n) is 7.35. The Morgan fingerprint density at radius 2 is 2.05 bits per heavy atom. The SMILES string of the molecule is COCC1(CNC(=O)[C@@H](N)Cc2ccc(O)cc2)CCC1.Cl. The van der Waals surface area contributed by atoms with Gasteiger partial charge < -0.3 is 20.9 Å². The molecule has 22 heavy (non-hydrogen) atoms. The van der Waals surface area contributed by atoms with Gasteiger partial charge in [-0.1, -0.05) is 18.6 Å². The Labute approximate surface area is 137 Å². The number of benzene rings is 1. The number of halogens is 1. The summed E-state index contributed by atoms with van der Waals surface area (Å²) >= 11 is 0. The van der Waals surface area contributed by atoms with Crippen molar-refractivity contribution in [1.29, 1.82) is 0 Å². The highest BCUT2D eigenvalue weighted by Crippen LogP contribution is 2.40. The maximum absolute atomic E-state index is 12.1. The molecule has 124 valence electrons. The van der Waals surface area contributed by atoms with Gasteiger partial charge in [-0.05, 0) is 37.0 Å². The summed E-state index contributed by atoms with van der Waals surface area (Å²) in [5, 5.41) is 12.2. The fraction of sp³-hybridized carbons (Fsp3) is 0.562. The van der Waals surface area contributed by atoms with E-state index in [1.807, 2.05) is 0 Å². The van der Waals surface area contributed by atoms with E-state index in [1.54, 1.807) is 31.4 Å². The summed E-state index contributed by atoms with van der Waals surface area (Å²) in [6.07, 6.45) is 3.84. The number of ether oxygens (including phenoxy) is 1. The van der Waals surface area contributed by atoms with E-state index in [9.17, 15) is 9.90 Å². The van der Waals surface area contributed by atoms with Crippen LogP contribution in [-0.4, -0.2) is 37.3 Å². The number of rotatable bonds is 7. The second-order valence-corrected chi connectivity index (χ2v) is 5.98. The Morgan fingerprint density at radius 3 is 2.55 bits per heavy atom. The molecule has 2 rings (SSSR count). The van der Waals surface area contributed by atoms with Gasteiger partial charge in [0.15, 0.2) is 0 Å². The molecular formula is C16H25ClN2O3. The highest BCUT2D eigenvalue weighted by molar-refractivity contribution is 5.85. The molecule has 0 saturated heterocycles. The van der Waals surface area contributed by atoms with Gasteiger partial charge in [0.1, 0.15) is 5.75 Å². The molecule has 1 aliphatic carbocycles. The van der Waals surface area contributed by atoms with Crippen LogP contribution in [0.3, 0.4) is 0 Å². The molecule has 1 fully saturated rings. The molecule has 6 heteroatoms. The predicted molar refractivity (Wildman–Crippen MR) is 88.2 cm³/mol. The van der Waals surface area contributed by atoms with Crippen LogP contribution in [0.15, 0.2) is 24.3 Å². The van der Waals surface area contributed by atoms with Crippen molar-refractivity contribution in [1.82, 2.24) is 5.32 Å². The lowest BCUT2D eigenvalue weighted by atomic mass is 9.69. The molecule has 1 aromatic rings. The van der Waals surface area contributed by atoms with Gasteiger partial charge in [0.25, 0.3) is 0 Å². The molecule has 1 amide bonds. The Morgan fingerprint density at radius 1 is 1.41 bits per heavy atom. The van der Waals surface area contributed by atoms with Crippen LogP contribution in [0.4, 0.5) is 0 Å². The number of nitrogens with one attached hydrogen (secondary N) is 1. The minimum Gasteiger partial charge on any atom is -0.508 e. The summed E-state index contributed by atoms with van der Waals surface area (Å²) in [7, 11) is 1.69. The van der Waals surface area contributed by atoms with Crippen molar-refractivity contribution in [3.63, 3.8) is 0 Å². The van der Waals surface area contributed by atoms with Gasteiger partial charge in [0, 0.05) is 19.1 Å². The highest BCUT2D eigenvalue weighted by atomic mass is 35.5. The van der Waals surface area contributed by atoms with Crippen LogP contribution in [-0.2, 0) is 16.0 Å². The Kier molecular flexibility index (Phi) is 7.13. The molecule has 0 radical (unpaired) electrons. The van der Waals surface area contributed by atoms with Gasteiger partial charge in [-0.25, -0.2) is 0 Å². The molecule has 1 saturated carbocycles. The molecule has 0 heterocycles. The maximum atomic E-state index is 12.1. The van der Waals surface area contributed by atoms with Crippen LogP contribution in [0.25, 0.3) is 0 Å². The van der Waals surface area contributed by atoms with Crippen LogP contribution in [0.5, 0.6) is 5.75 Å². The summed E-state index contributed by atoms with van der Waals surface area (Å²) in [5.41, 5.74) is 6.98. The first-order valence-corrected chi connectivity index (χ1v) is 7.35. The van der Waals surface area contributed by atoms with Crippen molar-refractivity contribution >= 4 is 18.3 Å². The van der Waals surface area contributed by atoms with Crippen LogP contribution in [0.1, 0.15) is 24.8 Å². The van der Waals surface area contributed by atoms with E-state index in [0.717, 1.165) is 18.4 Å². The van der Waals surface area contributed by atoms with Crippen LogP contribution >= 0.6 is 12.4 Å². The van der Waals surface area contributed by atoms with E-state index in [-0.39, 0.29) is 29.5 Å². The Hall–Kier alpha value is -1.30. The third kappa shape index (κ3) is 4.87. The van der Waals surface area contributed by atoms with Crippen molar-refractivity contribution in [2.24, 2.45) is 11.1 Å². The lowest BCUT2D eigenvalue weighted by Gasteiger charge is -2.41. The number of aromatic hydroxyl groups is 1. The highest BCUT2D eigenvalue weighted by Gasteiger charge is 2.37. The fourth-order valence-corrected chi connectivity index (χ4v) is 2.74. The van der Waals surface area contributed by atoms with Gasteiger partial charge in [0.2, 0.25) is 5.91 Å². The van der Waals surface area contributed by atoms with Crippen LogP contribution < -0.4 is 11.1 Å².